The normalized spacial score (nSPS) is 16.1. The summed E-state index contributed by atoms with van der Waals surface area (Å²) in [5.41, 5.74) is 3.56. The van der Waals surface area contributed by atoms with Gasteiger partial charge in [-0.1, -0.05) is 24.3 Å². The fourth-order valence-corrected chi connectivity index (χ4v) is 3.36. The molecule has 2 aliphatic rings. The third-order valence-corrected chi connectivity index (χ3v) is 4.88. The largest absolute Gasteiger partial charge is 0.352 e. The molecule has 0 aliphatic carbocycles. The van der Waals surface area contributed by atoms with E-state index in [9.17, 15) is 9.59 Å². The number of nitrogens with zero attached hydrogens (tertiary/aromatic N) is 1. The molecule has 0 aromatic heterocycles. The van der Waals surface area contributed by atoms with Gasteiger partial charge in [-0.15, -0.1) is 0 Å². The Morgan fingerprint density at radius 1 is 0.964 bits per heavy atom. The Balaban J connectivity index is 1.26. The highest BCUT2D eigenvalue weighted by molar-refractivity contribution is 5.95. The van der Waals surface area contributed by atoms with Crippen molar-refractivity contribution in [1.82, 2.24) is 10.2 Å². The van der Waals surface area contributed by atoms with Gasteiger partial charge in [0.05, 0.1) is 13.2 Å². The zero-order chi connectivity index (χ0) is 19.3. The molecule has 2 aliphatic heterocycles. The van der Waals surface area contributed by atoms with E-state index in [1.807, 2.05) is 24.3 Å². The minimum absolute atomic E-state index is 0.148. The van der Waals surface area contributed by atoms with Crippen LogP contribution in [0.25, 0.3) is 0 Å². The lowest BCUT2D eigenvalue weighted by Crippen LogP contribution is -2.30. The monoisotopic (exact) mass is 381 g/mol. The van der Waals surface area contributed by atoms with E-state index >= 15 is 0 Å². The van der Waals surface area contributed by atoms with E-state index in [-0.39, 0.29) is 18.2 Å². The number of hydrogen-bond donors (Lipinski definition) is 2. The number of carbonyl (C=O) groups is 2. The molecule has 0 unspecified atom stereocenters. The first-order valence-electron chi connectivity index (χ1n) is 9.43. The lowest BCUT2D eigenvalue weighted by molar-refractivity contribution is -0.0455. The standard InChI is InChI=1S/C21H23N3O4/c25-20(22-10-9-19-27-11-12-28-19)15-5-7-18(8-6-15)23-21(26)24-13-16-3-1-2-4-17(16)14-24/h1-8,19H,9-14H2,(H,22,25)(H,23,26). The van der Waals surface area contributed by atoms with Crippen LogP contribution in [0.5, 0.6) is 0 Å². The van der Waals surface area contributed by atoms with Crippen LogP contribution in [0.1, 0.15) is 27.9 Å². The zero-order valence-corrected chi connectivity index (χ0v) is 15.5. The van der Waals surface area contributed by atoms with E-state index in [0.717, 1.165) is 0 Å². The second-order valence-electron chi connectivity index (χ2n) is 6.85. The van der Waals surface area contributed by atoms with Crippen LogP contribution in [0.4, 0.5) is 10.5 Å². The number of ether oxygens (including phenoxy) is 2. The van der Waals surface area contributed by atoms with Gasteiger partial charge in [0.1, 0.15) is 0 Å². The molecule has 3 amide bonds. The Bertz CT molecular complexity index is 822. The molecule has 1 saturated heterocycles. The maximum absolute atomic E-state index is 12.5. The van der Waals surface area contributed by atoms with Crippen molar-refractivity contribution in [3.63, 3.8) is 0 Å². The van der Waals surface area contributed by atoms with Crippen LogP contribution in [-0.4, -0.2) is 42.9 Å². The summed E-state index contributed by atoms with van der Waals surface area (Å²) in [5.74, 6) is -0.161. The van der Waals surface area contributed by atoms with Crippen LogP contribution in [0.15, 0.2) is 48.5 Å². The summed E-state index contributed by atoms with van der Waals surface area (Å²) in [7, 11) is 0. The molecule has 4 rings (SSSR count). The number of urea groups is 1. The first-order valence-corrected chi connectivity index (χ1v) is 9.43. The van der Waals surface area contributed by atoms with Gasteiger partial charge in [-0.25, -0.2) is 4.79 Å². The smallest absolute Gasteiger partial charge is 0.322 e. The minimum Gasteiger partial charge on any atom is -0.352 e. The molecule has 2 heterocycles. The SMILES string of the molecule is O=C(NCCC1OCCO1)c1ccc(NC(=O)N2Cc3ccccc3C2)cc1. The third-order valence-electron chi connectivity index (χ3n) is 4.88. The number of fused-ring (bicyclic) bond motifs is 1. The molecule has 1 fully saturated rings. The summed E-state index contributed by atoms with van der Waals surface area (Å²) in [4.78, 5) is 26.4. The van der Waals surface area contributed by atoms with Crippen LogP contribution >= 0.6 is 0 Å². The van der Waals surface area contributed by atoms with Crippen molar-refractivity contribution in [2.75, 3.05) is 25.1 Å². The molecule has 146 valence electrons. The van der Waals surface area contributed by atoms with Crippen molar-refractivity contribution >= 4 is 17.6 Å². The average Bonchev–Trinajstić information content (AvgIpc) is 3.38. The number of anilines is 1. The highest BCUT2D eigenvalue weighted by atomic mass is 16.7. The van der Waals surface area contributed by atoms with Crippen molar-refractivity contribution in [3.8, 4) is 0 Å². The predicted octanol–water partition coefficient (Wildman–Crippen LogP) is 2.73. The summed E-state index contributed by atoms with van der Waals surface area (Å²) in [6.45, 7) is 2.91. The van der Waals surface area contributed by atoms with Gasteiger partial charge >= 0.3 is 6.03 Å². The second-order valence-corrected chi connectivity index (χ2v) is 6.85. The Kier molecular flexibility index (Phi) is 5.55. The van der Waals surface area contributed by atoms with Gasteiger partial charge in [0.25, 0.3) is 5.91 Å². The van der Waals surface area contributed by atoms with Crippen LogP contribution in [-0.2, 0) is 22.6 Å². The van der Waals surface area contributed by atoms with Crippen LogP contribution < -0.4 is 10.6 Å². The van der Waals surface area contributed by atoms with Gasteiger partial charge < -0.3 is 25.0 Å². The summed E-state index contributed by atoms with van der Waals surface area (Å²) in [6, 6.07) is 14.8. The Labute approximate surface area is 163 Å². The van der Waals surface area contributed by atoms with Crippen LogP contribution in [0, 0.1) is 0 Å². The minimum atomic E-state index is -0.227. The number of benzene rings is 2. The van der Waals surface area contributed by atoms with E-state index in [2.05, 4.69) is 10.6 Å². The van der Waals surface area contributed by atoms with Crippen molar-refractivity contribution < 1.29 is 19.1 Å². The van der Waals surface area contributed by atoms with Crippen molar-refractivity contribution in [3.05, 3.63) is 65.2 Å². The number of amides is 3. The molecule has 2 aromatic carbocycles. The molecule has 0 radical (unpaired) electrons. The molecule has 2 N–H and O–H groups in total. The van der Waals surface area contributed by atoms with Crippen LogP contribution in [0.2, 0.25) is 0 Å². The molecule has 28 heavy (non-hydrogen) atoms. The highest BCUT2D eigenvalue weighted by Crippen LogP contribution is 2.23. The Morgan fingerprint density at radius 3 is 2.25 bits per heavy atom. The average molecular weight is 381 g/mol. The second kappa shape index (κ2) is 8.41. The molecular weight excluding hydrogens is 358 g/mol. The fraction of sp³-hybridized carbons (Fsp3) is 0.333. The number of carbonyl (C=O) groups excluding carboxylic acids is 2. The number of rotatable bonds is 5. The van der Waals surface area contributed by atoms with E-state index in [1.54, 1.807) is 29.2 Å². The summed E-state index contributed by atoms with van der Waals surface area (Å²) in [5, 5.41) is 5.73. The summed E-state index contributed by atoms with van der Waals surface area (Å²) >= 11 is 0. The first-order chi connectivity index (χ1) is 13.7. The summed E-state index contributed by atoms with van der Waals surface area (Å²) in [6.07, 6.45) is 0.396. The van der Waals surface area contributed by atoms with Gasteiger partial charge in [-0.2, -0.15) is 0 Å². The molecule has 7 heteroatoms. The molecule has 2 aromatic rings. The fourth-order valence-electron chi connectivity index (χ4n) is 3.36. The molecule has 0 spiro atoms. The molecule has 0 bridgehead atoms. The lowest BCUT2D eigenvalue weighted by atomic mass is 10.1. The van der Waals surface area contributed by atoms with Gasteiger partial charge in [-0.3, -0.25) is 4.79 Å². The van der Waals surface area contributed by atoms with Crippen LogP contribution in [0.3, 0.4) is 0 Å². The van der Waals surface area contributed by atoms with Gasteiger partial charge in [0.2, 0.25) is 0 Å². The van der Waals surface area contributed by atoms with Gasteiger partial charge in [0, 0.05) is 37.3 Å². The predicted molar refractivity (Wildman–Crippen MR) is 104 cm³/mol. The maximum atomic E-state index is 12.5. The maximum Gasteiger partial charge on any atom is 0.322 e. The van der Waals surface area contributed by atoms with Crippen molar-refractivity contribution in [1.29, 1.82) is 0 Å². The van der Waals surface area contributed by atoms with Crippen molar-refractivity contribution in [2.24, 2.45) is 0 Å². The third kappa shape index (κ3) is 4.32. The van der Waals surface area contributed by atoms with Gasteiger partial charge in [-0.05, 0) is 35.4 Å². The zero-order valence-electron chi connectivity index (χ0n) is 15.5. The number of hydrogen-bond acceptors (Lipinski definition) is 4. The first kappa shape index (κ1) is 18.5. The van der Waals surface area contributed by atoms with E-state index in [0.29, 0.717) is 50.5 Å². The molecule has 0 atom stereocenters. The summed E-state index contributed by atoms with van der Waals surface area (Å²) < 4.78 is 10.7. The molecule has 0 saturated carbocycles. The van der Waals surface area contributed by atoms with Gasteiger partial charge in [0.15, 0.2) is 6.29 Å². The van der Waals surface area contributed by atoms with Crippen molar-refractivity contribution in [2.45, 2.75) is 25.8 Å². The lowest BCUT2D eigenvalue weighted by Gasteiger charge is -2.16. The highest BCUT2D eigenvalue weighted by Gasteiger charge is 2.23. The molecule has 7 nitrogen and oxygen atoms in total. The number of nitrogens with one attached hydrogen (secondary N) is 2. The Hall–Kier alpha value is -2.90. The van der Waals surface area contributed by atoms with E-state index in [4.69, 9.17) is 9.47 Å². The topological polar surface area (TPSA) is 79.9 Å². The van der Waals surface area contributed by atoms with E-state index in [1.165, 1.54) is 11.1 Å². The Morgan fingerprint density at radius 2 is 1.61 bits per heavy atom. The quantitative estimate of drug-likeness (QED) is 0.835. The van der Waals surface area contributed by atoms with E-state index < -0.39 is 0 Å². The molecular formula is C21H23N3O4.